The number of carboxylic acids is 1. The Balaban J connectivity index is 2.69. The van der Waals surface area contributed by atoms with Crippen molar-refractivity contribution in [2.24, 2.45) is 0 Å². The minimum Gasteiger partial charge on any atom is -0.475 e. The molecule has 2 rings (SSSR count). The van der Waals surface area contributed by atoms with Crippen molar-refractivity contribution in [1.29, 1.82) is 0 Å². The molecule has 0 saturated carbocycles. The first-order valence-electron chi connectivity index (χ1n) is 4.96. The van der Waals surface area contributed by atoms with Crippen molar-refractivity contribution >= 4 is 28.5 Å². The van der Waals surface area contributed by atoms with Crippen LogP contribution in [0, 0.1) is 0 Å². The topological polar surface area (TPSA) is 50.4 Å². The molecule has 0 aliphatic rings. The van der Waals surface area contributed by atoms with Gasteiger partial charge >= 0.3 is 5.97 Å². The third-order valence-electron chi connectivity index (χ3n) is 2.51. The van der Waals surface area contributed by atoms with E-state index in [-0.39, 0.29) is 10.8 Å². The molecule has 1 heterocycles. The summed E-state index contributed by atoms with van der Waals surface area (Å²) in [5.41, 5.74) is 1.61. The van der Waals surface area contributed by atoms with Gasteiger partial charge in [-0.2, -0.15) is 0 Å². The highest BCUT2D eigenvalue weighted by Gasteiger charge is 2.18. The minimum absolute atomic E-state index is 0.171. The molecule has 4 heteroatoms. The maximum Gasteiger partial charge on any atom is 0.373 e. The van der Waals surface area contributed by atoms with Gasteiger partial charge < -0.3 is 9.52 Å². The first kappa shape index (κ1) is 11.0. The van der Waals surface area contributed by atoms with Gasteiger partial charge in [0.1, 0.15) is 10.6 Å². The van der Waals surface area contributed by atoms with Gasteiger partial charge in [0.15, 0.2) is 0 Å². The van der Waals surface area contributed by atoms with Crippen molar-refractivity contribution in [3.63, 3.8) is 0 Å². The third kappa shape index (κ3) is 1.67. The Morgan fingerprint density at radius 1 is 1.44 bits per heavy atom. The largest absolute Gasteiger partial charge is 0.475 e. The molecular weight excluding hydrogens is 228 g/mol. The maximum absolute atomic E-state index is 10.8. The summed E-state index contributed by atoms with van der Waals surface area (Å²) in [5.74, 6) is -0.978. The number of halogens is 1. The molecule has 84 valence electrons. The fraction of sp³-hybridized carbons (Fsp3) is 0.250. The zero-order chi connectivity index (χ0) is 11.9. The number of rotatable bonds is 2. The van der Waals surface area contributed by atoms with Crippen LogP contribution in [0.4, 0.5) is 0 Å². The van der Waals surface area contributed by atoms with Crippen LogP contribution in [0.1, 0.15) is 35.9 Å². The lowest BCUT2D eigenvalue weighted by Gasteiger charge is -2.03. The molecule has 0 spiro atoms. The molecule has 0 bridgehead atoms. The predicted molar refractivity (Wildman–Crippen MR) is 62.3 cm³/mol. The molecule has 1 aromatic heterocycles. The van der Waals surface area contributed by atoms with E-state index >= 15 is 0 Å². The van der Waals surface area contributed by atoms with E-state index < -0.39 is 5.97 Å². The number of carboxylic acid groups (broad SMARTS) is 1. The maximum atomic E-state index is 10.8. The van der Waals surface area contributed by atoms with Crippen LogP contribution in [0.25, 0.3) is 11.0 Å². The van der Waals surface area contributed by atoms with Gasteiger partial charge in [0.2, 0.25) is 5.76 Å². The molecule has 0 fully saturated rings. The Labute approximate surface area is 97.6 Å². The molecule has 0 aliphatic carbocycles. The van der Waals surface area contributed by atoms with Gasteiger partial charge in [0.05, 0.1) is 0 Å². The zero-order valence-electron chi connectivity index (χ0n) is 8.95. The van der Waals surface area contributed by atoms with Crippen LogP contribution in [-0.2, 0) is 0 Å². The van der Waals surface area contributed by atoms with Gasteiger partial charge in [0.25, 0.3) is 0 Å². The van der Waals surface area contributed by atoms with E-state index in [9.17, 15) is 4.79 Å². The van der Waals surface area contributed by atoms with Gasteiger partial charge in [0, 0.05) is 5.39 Å². The number of furan rings is 1. The first-order valence-corrected chi connectivity index (χ1v) is 5.33. The Kier molecular flexibility index (Phi) is 2.64. The molecule has 0 amide bonds. The smallest absolute Gasteiger partial charge is 0.373 e. The van der Waals surface area contributed by atoms with Crippen molar-refractivity contribution in [2.75, 3.05) is 0 Å². The van der Waals surface area contributed by atoms with Gasteiger partial charge in [-0.3, -0.25) is 0 Å². The summed E-state index contributed by atoms with van der Waals surface area (Å²) in [6.45, 7) is 4.13. The van der Waals surface area contributed by atoms with Crippen LogP contribution in [0.5, 0.6) is 0 Å². The lowest BCUT2D eigenvalue weighted by Crippen LogP contribution is -1.93. The second-order valence-corrected chi connectivity index (χ2v) is 4.34. The first-order chi connectivity index (χ1) is 7.50. The minimum atomic E-state index is -1.15. The summed E-state index contributed by atoms with van der Waals surface area (Å²) in [6.07, 6.45) is 0. The van der Waals surface area contributed by atoms with Gasteiger partial charge in [-0.05, 0) is 23.6 Å². The summed E-state index contributed by atoms with van der Waals surface area (Å²) in [6, 6.07) is 5.54. The second kappa shape index (κ2) is 3.83. The Morgan fingerprint density at radius 2 is 2.12 bits per heavy atom. The lowest BCUT2D eigenvalue weighted by atomic mass is 10.0. The molecule has 2 aromatic rings. The fourth-order valence-electron chi connectivity index (χ4n) is 1.58. The summed E-state index contributed by atoms with van der Waals surface area (Å²) in [7, 11) is 0. The van der Waals surface area contributed by atoms with Crippen molar-refractivity contribution < 1.29 is 14.3 Å². The van der Waals surface area contributed by atoms with Crippen LogP contribution in [0.2, 0.25) is 5.02 Å². The molecule has 0 radical (unpaired) electrons. The lowest BCUT2D eigenvalue weighted by molar-refractivity contribution is 0.0665. The fourth-order valence-corrected chi connectivity index (χ4v) is 1.85. The van der Waals surface area contributed by atoms with E-state index in [1.54, 1.807) is 6.07 Å². The monoisotopic (exact) mass is 238 g/mol. The third-order valence-corrected chi connectivity index (χ3v) is 2.89. The summed E-state index contributed by atoms with van der Waals surface area (Å²) in [5, 5.41) is 9.70. The molecule has 0 saturated heterocycles. The molecule has 0 unspecified atom stereocenters. The van der Waals surface area contributed by atoms with E-state index in [4.69, 9.17) is 21.1 Å². The van der Waals surface area contributed by atoms with Crippen LogP contribution in [0.15, 0.2) is 22.6 Å². The normalized spacial score (nSPS) is 11.2. The molecule has 1 N–H and O–H groups in total. The summed E-state index contributed by atoms with van der Waals surface area (Å²) in [4.78, 5) is 10.8. The molecule has 0 atom stereocenters. The predicted octanol–water partition coefficient (Wildman–Crippen LogP) is 3.91. The van der Waals surface area contributed by atoms with E-state index in [2.05, 4.69) is 13.8 Å². The SMILES string of the molecule is CC(C)c1ccc2oc(C(=O)O)c(Cl)c2c1. The van der Waals surface area contributed by atoms with Crippen LogP contribution >= 0.6 is 11.6 Å². The van der Waals surface area contributed by atoms with Gasteiger partial charge in [-0.15, -0.1) is 0 Å². The van der Waals surface area contributed by atoms with Crippen molar-refractivity contribution in [1.82, 2.24) is 0 Å². The number of fused-ring (bicyclic) bond motifs is 1. The number of carbonyl (C=O) groups is 1. The van der Waals surface area contributed by atoms with E-state index in [0.29, 0.717) is 16.9 Å². The van der Waals surface area contributed by atoms with Crippen LogP contribution in [0.3, 0.4) is 0 Å². The summed E-state index contributed by atoms with van der Waals surface area (Å²) >= 11 is 5.95. The molecule has 16 heavy (non-hydrogen) atoms. The highest BCUT2D eigenvalue weighted by Crippen LogP contribution is 2.32. The van der Waals surface area contributed by atoms with Crippen LogP contribution < -0.4 is 0 Å². The average Bonchev–Trinajstić information content (AvgIpc) is 2.56. The van der Waals surface area contributed by atoms with E-state index in [0.717, 1.165) is 5.56 Å². The number of benzene rings is 1. The number of aromatic carboxylic acids is 1. The zero-order valence-corrected chi connectivity index (χ0v) is 9.71. The summed E-state index contributed by atoms with van der Waals surface area (Å²) < 4.78 is 5.16. The Hall–Kier alpha value is -1.48. The van der Waals surface area contributed by atoms with E-state index in [1.807, 2.05) is 12.1 Å². The standard InChI is InChI=1S/C12H11ClO3/c1-6(2)7-3-4-9-8(5-7)10(13)11(16-9)12(14)15/h3-6H,1-2H3,(H,14,15). The van der Waals surface area contributed by atoms with Crippen LogP contribution in [-0.4, -0.2) is 11.1 Å². The average molecular weight is 239 g/mol. The molecular formula is C12H11ClO3. The van der Waals surface area contributed by atoms with Crippen molar-refractivity contribution in [3.8, 4) is 0 Å². The van der Waals surface area contributed by atoms with Crippen molar-refractivity contribution in [2.45, 2.75) is 19.8 Å². The molecule has 3 nitrogen and oxygen atoms in total. The highest BCUT2D eigenvalue weighted by atomic mass is 35.5. The van der Waals surface area contributed by atoms with E-state index in [1.165, 1.54) is 0 Å². The van der Waals surface area contributed by atoms with Gasteiger partial charge in [-0.25, -0.2) is 4.79 Å². The molecule has 1 aromatic carbocycles. The van der Waals surface area contributed by atoms with Crippen molar-refractivity contribution in [3.05, 3.63) is 34.5 Å². The highest BCUT2D eigenvalue weighted by molar-refractivity contribution is 6.38. The quantitative estimate of drug-likeness (QED) is 0.863. The second-order valence-electron chi connectivity index (χ2n) is 3.96. The Bertz CT molecular complexity index is 555. The molecule has 0 aliphatic heterocycles. The van der Waals surface area contributed by atoms with Gasteiger partial charge in [-0.1, -0.05) is 31.5 Å². The Morgan fingerprint density at radius 3 is 2.69 bits per heavy atom. The number of hydrogen-bond acceptors (Lipinski definition) is 2. The number of hydrogen-bond donors (Lipinski definition) is 1.